The highest BCUT2D eigenvalue weighted by atomic mass is 32.1. The monoisotopic (exact) mass is 218 g/mol. The first kappa shape index (κ1) is 9.19. The van der Waals surface area contributed by atoms with Gasteiger partial charge in [0.1, 0.15) is 0 Å². The molecule has 0 amide bonds. The number of nitrogens with zero attached hydrogens (tertiary/aromatic N) is 2. The van der Waals surface area contributed by atoms with Gasteiger partial charge in [0.25, 0.3) is 0 Å². The van der Waals surface area contributed by atoms with Crippen molar-refractivity contribution in [3.05, 3.63) is 34.7 Å². The maximum absolute atomic E-state index is 2.45. The minimum Gasteiger partial charge on any atom is -0.342 e. The van der Waals surface area contributed by atoms with E-state index >= 15 is 0 Å². The quantitative estimate of drug-likeness (QED) is 0.714. The molecule has 0 unspecified atom stereocenters. The first-order valence-electron chi connectivity index (χ1n) is 5.24. The van der Waals surface area contributed by atoms with Gasteiger partial charge in [-0.05, 0) is 30.6 Å². The Kier molecular flexibility index (Phi) is 2.15. The van der Waals surface area contributed by atoms with Crippen LogP contribution in [-0.2, 0) is 13.1 Å². The van der Waals surface area contributed by atoms with Crippen molar-refractivity contribution >= 4 is 11.3 Å². The topological polar surface area (TPSA) is 8.17 Å². The first-order chi connectivity index (χ1) is 7.34. The van der Waals surface area contributed by atoms with Crippen LogP contribution in [0.3, 0.4) is 0 Å². The van der Waals surface area contributed by atoms with Crippen LogP contribution in [0.4, 0.5) is 0 Å². The van der Waals surface area contributed by atoms with E-state index in [1.54, 1.807) is 11.3 Å². The van der Waals surface area contributed by atoms with Crippen molar-refractivity contribution in [3.63, 3.8) is 0 Å². The molecule has 15 heavy (non-hydrogen) atoms. The molecule has 0 saturated heterocycles. The maximum Gasteiger partial charge on any atom is 0.0491 e. The summed E-state index contributed by atoms with van der Waals surface area (Å²) < 4.78 is 2.45. The van der Waals surface area contributed by atoms with Crippen LogP contribution in [0.2, 0.25) is 0 Å². The van der Waals surface area contributed by atoms with Crippen LogP contribution in [0.25, 0.3) is 11.3 Å². The summed E-state index contributed by atoms with van der Waals surface area (Å²) in [4.78, 5) is 2.37. The van der Waals surface area contributed by atoms with Crippen LogP contribution in [-0.4, -0.2) is 23.1 Å². The van der Waals surface area contributed by atoms with Crippen LogP contribution >= 0.6 is 11.3 Å². The van der Waals surface area contributed by atoms with Crippen molar-refractivity contribution in [3.8, 4) is 11.3 Å². The highest BCUT2D eigenvalue weighted by Crippen LogP contribution is 2.26. The molecule has 0 saturated carbocycles. The van der Waals surface area contributed by atoms with Crippen LogP contribution in [0.15, 0.2) is 29.0 Å². The summed E-state index contributed by atoms with van der Waals surface area (Å²) in [6.45, 7) is 3.34. The van der Waals surface area contributed by atoms with E-state index in [4.69, 9.17) is 0 Å². The Hall–Kier alpha value is -1.06. The molecule has 0 atom stereocenters. The molecule has 2 nitrogen and oxygen atoms in total. The van der Waals surface area contributed by atoms with Crippen LogP contribution in [0.5, 0.6) is 0 Å². The number of thiophene rings is 1. The van der Waals surface area contributed by atoms with Gasteiger partial charge in [0, 0.05) is 42.0 Å². The van der Waals surface area contributed by atoms with Crippen molar-refractivity contribution in [2.45, 2.75) is 13.1 Å². The number of hydrogen-bond donors (Lipinski definition) is 0. The molecule has 0 bridgehead atoms. The summed E-state index contributed by atoms with van der Waals surface area (Å²) >= 11 is 1.77. The van der Waals surface area contributed by atoms with Gasteiger partial charge in [-0.25, -0.2) is 0 Å². The summed E-state index contributed by atoms with van der Waals surface area (Å²) in [5.74, 6) is 0. The molecule has 3 rings (SSSR count). The molecule has 0 aliphatic carbocycles. The zero-order valence-electron chi connectivity index (χ0n) is 8.81. The minimum atomic E-state index is 1.07. The summed E-state index contributed by atoms with van der Waals surface area (Å²) in [7, 11) is 2.18. The van der Waals surface area contributed by atoms with Crippen molar-refractivity contribution < 1.29 is 0 Å². The van der Waals surface area contributed by atoms with E-state index in [2.05, 4.69) is 45.5 Å². The molecule has 3 heterocycles. The Morgan fingerprint density at radius 2 is 2.13 bits per heavy atom. The molecule has 1 aliphatic rings. The van der Waals surface area contributed by atoms with Gasteiger partial charge in [0.2, 0.25) is 0 Å². The van der Waals surface area contributed by atoms with E-state index in [1.807, 2.05) is 0 Å². The average Bonchev–Trinajstić information content (AvgIpc) is 2.82. The van der Waals surface area contributed by atoms with E-state index in [1.165, 1.54) is 17.0 Å². The predicted molar refractivity (Wildman–Crippen MR) is 64.1 cm³/mol. The van der Waals surface area contributed by atoms with Gasteiger partial charge in [0.15, 0.2) is 0 Å². The van der Waals surface area contributed by atoms with E-state index < -0.39 is 0 Å². The molecule has 2 aromatic heterocycles. The Labute approximate surface area is 93.8 Å². The Bertz CT molecular complexity index is 456. The predicted octanol–water partition coefficient (Wildman–Crippen LogP) is 2.66. The summed E-state index contributed by atoms with van der Waals surface area (Å²) in [5.41, 5.74) is 4.17. The molecule has 0 N–H and O–H groups in total. The van der Waals surface area contributed by atoms with Crippen LogP contribution in [0, 0.1) is 0 Å². The lowest BCUT2D eigenvalue weighted by molar-refractivity contribution is 0.271. The van der Waals surface area contributed by atoms with Crippen molar-refractivity contribution in [2.24, 2.45) is 0 Å². The fourth-order valence-electron chi connectivity index (χ4n) is 2.20. The largest absolute Gasteiger partial charge is 0.342 e. The maximum atomic E-state index is 2.45. The van der Waals surface area contributed by atoms with E-state index in [9.17, 15) is 0 Å². The van der Waals surface area contributed by atoms with Gasteiger partial charge in [0.05, 0.1) is 0 Å². The molecule has 1 aliphatic heterocycles. The van der Waals surface area contributed by atoms with E-state index in [0.29, 0.717) is 0 Å². The smallest absolute Gasteiger partial charge is 0.0491 e. The van der Waals surface area contributed by atoms with Gasteiger partial charge < -0.3 is 4.57 Å². The third kappa shape index (κ3) is 1.52. The zero-order chi connectivity index (χ0) is 10.3. The molecule has 2 aromatic rings. The second kappa shape index (κ2) is 3.51. The van der Waals surface area contributed by atoms with Gasteiger partial charge >= 0.3 is 0 Å². The minimum absolute atomic E-state index is 1.07. The molecular weight excluding hydrogens is 204 g/mol. The molecular formula is C12H14N2S. The summed E-state index contributed by atoms with van der Waals surface area (Å²) in [6, 6.07) is 6.70. The lowest BCUT2D eigenvalue weighted by Gasteiger charge is -2.25. The Balaban J connectivity index is 2.05. The highest BCUT2D eigenvalue weighted by molar-refractivity contribution is 7.08. The molecule has 3 heteroatoms. The fraction of sp³-hybridized carbons (Fsp3) is 0.333. The first-order valence-corrected chi connectivity index (χ1v) is 6.18. The zero-order valence-corrected chi connectivity index (χ0v) is 9.63. The van der Waals surface area contributed by atoms with E-state index in [0.717, 1.165) is 19.6 Å². The van der Waals surface area contributed by atoms with Gasteiger partial charge in [-0.2, -0.15) is 11.3 Å². The van der Waals surface area contributed by atoms with Gasteiger partial charge in [-0.1, -0.05) is 0 Å². The van der Waals surface area contributed by atoms with Crippen molar-refractivity contribution in [1.82, 2.24) is 9.47 Å². The van der Waals surface area contributed by atoms with Gasteiger partial charge in [-0.15, -0.1) is 0 Å². The fourth-order valence-corrected chi connectivity index (χ4v) is 2.85. The second-order valence-corrected chi connectivity index (χ2v) is 4.89. The third-order valence-electron chi connectivity index (χ3n) is 3.03. The standard InChI is InChI=1S/C12H14N2S/c1-13-5-6-14-11(8-13)2-3-12(14)10-4-7-15-9-10/h2-4,7,9H,5-6,8H2,1H3. The third-order valence-corrected chi connectivity index (χ3v) is 3.71. The number of rotatable bonds is 1. The second-order valence-electron chi connectivity index (χ2n) is 4.11. The van der Waals surface area contributed by atoms with Gasteiger partial charge in [-0.3, -0.25) is 4.90 Å². The Morgan fingerprint density at radius 3 is 2.93 bits per heavy atom. The summed E-state index contributed by atoms with van der Waals surface area (Å²) in [5, 5.41) is 4.37. The highest BCUT2D eigenvalue weighted by Gasteiger charge is 2.16. The lowest BCUT2D eigenvalue weighted by Crippen LogP contribution is -2.30. The normalized spacial score (nSPS) is 16.6. The number of hydrogen-bond acceptors (Lipinski definition) is 2. The van der Waals surface area contributed by atoms with Crippen LogP contribution < -0.4 is 0 Å². The number of likely N-dealkylation sites (N-methyl/N-ethyl adjacent to an activating group) is 1. The Morgan fingerprint density at radius 1 is 1.20 bits per heavy atom. The molecule has 0 radical (unpaired) electrons. The van der Waals surface area contributed by atoms with Crippen molar-refractivity contribution in [1.29, 1.82) is 0 Å². The molecule has 78 valence electrons. The number of aromatic nitrogens is 1. The van der Waals surface area contributed by atoms with E-state index in [-0.39, 0.29) is 0 Å². The average molecular weight is 218 g/mol. The molecule has 0 spiro atoms. The molecule has 0 fully saturated rings. The summed E-state index contributed by atoms with van der Waals surface area (Å²) in [6.07, 6.45) is 0. The lowest BCUT2D eigenvalue weighted by atomic mass is 10.2. The molecule has 0 aromatic carbocycles. The van der Waals surface area contributed by atoms with Crippen LogP contribution in [0.1, 0.15) is 5.69 Å². The van der Waals surface area contributed by atoms with Crippen molar-refractivity contribution in [2.75, 3.05) is 13.6 Å². The SMILES string of the molecule is CN1CCn2c(ccc2-c2ccsc2)C1. The number of fused-ring (bicyclic) bond motifs is 1.